The Kier molecular flexibility index (Phi) is 4.74. The fourth-order valence-corrected chi connectivity index (χ4v) is 4.20. The summed E-state index contributed by atoms with van der Waals surface area (Å²) in [4.78, 5) is 41.7. The van der Waals surface area contributed by atoms with Crippen molar-refractivity contribution in [3.05, 3.63) is 42.0 Å². The van der Waals surface area contributed by atoms with Gasteiger partial charge in [0.25, 0.3) is 5.91 Å². The molecule has 31 heavy (non-hydrogen) atoms. The third kappa shape index (κ3) is 3.36. The highest BCUT2D eigenvalue weighted by Crippen LogP contribution is 2.37. The lowest BCUT2D eigenvalue weighted by molar-refractivity contribution is -0.134. The number of hydrogen-bond acceptors (Lipinski definition) is 6. The molecule has 2 aromatic carbocycles. The molecule has 0 radical (unpaired) electrons. The number of fused-ring (bicyclic) bond motifs is 3. The van der Waals surface area contributed by atoms with Gasteiger partial charge in [-0.3, -0.25) is 14.4 Å². The first-order valence-corrected chi connectivity index (χ1v) is 10.1. The van der Waals surface area contributed by atoms with E-state index in [0.717, 1.165) is 11.1 Å². The van der Waals surface area contributed by atoms with Crippen LogP contribution < -0.4 is 20.1 Å². The maximum absolute atomic E-state index is 13.4. The van der Waals surface area contributed by atoms with Gasteiger partial charge in [-0.25, -0.2) is 0 Å². The van der Waals surface area contributed by atoms with Crippen LogP contribution in [-0.2, 0) is 9.59 Å². The lowest BCUT2D eigenvalue weighted by Crippen LogP contribution is -2.60. The summed E-state index contributed by atoms with van der Waals surface area (Å²) in [5.74, 6) is 0.755. The summed E-state index contributed by atoms with van der Waals surface area (Å²) in [6.07, 6.45) is 0. The Morgan fingerprint density at radius 3 is 2.71 bits per heavy atom. The largest absolute Gasteiger partial charge is 0.454 e. The molecule has 9 nitrogen and oxygen atoms in total. The quantitative estimate of drug-likeness (QED) is 0.763. The highest BCUT2D eigenvalue weighted by atomic mass is 16.7. The van der Waals surface area contributed by atoms with Gasteiger partial charge in [0, 0.05) is 13.1 Å². The van der Waals surface area contributed by atoms with Crippen molar-refractivity contribution in [2.75, 3.05) is 45.3 Å². The van der Waals surface area contributed by atoms with E-state index in [1.165, 1.54) is 0 Å². The van der Waals surface area contributed by atoms with Crippen LogP contribution in [0.5, 0.6) is 11.5 Å². The number of rotatable bonds is 3. The van der Waals surface area contributed by atoms with E-state index in [-0.39, 0.29) is 37.6 Å². The van der Waals surface area contributed by atoms with Gasteiger partial charge in [0.15, 0.2) is 11.5 Å². The molecule has 5 rings (SSSR count). The second kappa shape index (κ2) is 7.59. The van der Waals surface area contributed by atoms with Crippen LogP contribution in [0.3, 0.4) is 0 Å². The number of piperazine rings is 1. The number of carbonyl (C=O) groups is 3. The third-order valence-corrected chi connectivity index (χ3v) is 5.84. The van der Waals surface area contributed by atoms with Crippen LogP contribution in [0.15, 0.2) is 36.4 Å². The summed E-state index contributed by atoms with van der Waals surface area (Å²) >= 11 is 0. The molecule has 0 aromatic heterocycles. The molecule has 2 N–H and O–H groups in total. The van der Waals surface area contributed by atoms with Gasteiger partial charge < -0.3 is 29.9 Å². The number of likely N-dealkylation sites (N-methyl/N-ethyl adjacent to an activating group) is 1. The molecule has 3 aliphatic rings. The molecule has 0 saturated carbocycles. The highest BCUT2D eigenvalue weighted by molar-refractivity contribution is 6.10. The first kappa shape index (κ1) is 19.4. The molecule has 0 spiro atoms. The van der Waals surface area contributed by atoms with Crippen molar-refractivity contribution in [2.24, 2.45) is 0 Å². The topological polar surface area (TPSA) is 100 Å². The molecule has 1 saturated heterocycles. The molecule has 1 fully saturated rings. The lowest BCUT2D eigenvalue weighted by Gasteiger charge is -2.39. The third-order valence-electron chi connectivity index (χ3n) is 5.84. The van der Waals surface area contributed by atoms with Crippen molar-refractivity contribution >= 4 is 23.4 Å². The molecule has 2 aromatic rings. The number of amides is 3. The zero-order valence-corrected chi connectivity index (χ0v) is 17.0. The maximum atomic E-state index is 13.4. The van der Waals surface area contributed by atoms with E-state index in [9.17, 15) is 14.4 Å². The fraction of sp³-hybridized carbons (Fsp3) is 0.318. The molecule has 3 amide bonds. The first-order chi connectivity index (χ1) is 15.0. The van der Waals surface area contributed by atoms with Gasteiger partial charge in [-0.2, -0.15) is 0 Å². The molecule has 1 atom stereocenters. The Hall–Kier alpha value is -3.59. The molecule has 0 unspecified atom stereocenters. The number of anilines is 1. The SMILES string of the molecule is CNCC(=O)N1CCN2C(=O)c3cc(-c4ccc5c(c4)OCO5)ccc3NC(=O)[C@H]2C1. The number of carbonyl (C=O) groups excluding carboxylic acids is 3. The van der Waals surface area contributed by atoms with Crippen molar-refractivity contribution in [2.45, 2.75) is 6.04 Å². The van der Waals surface area contributed by atoms with Crippen molar-refractivity contribution < 1.29 is 23.9 Å². The Labute approximate surface area is 178 Å². The summed E-state index contributed by atoms with van der Waals surface area (Å²) in [5.41, 5.74) is 2.62. The molecule has 9 heteroatoms. The van der Waals surface area contributed by atoms with Gasteiger partial charge in [-0.15, -0.1) is 0 Å². The Morgan fingerprint density at radius 2 is 1.87 bits per heavy atom. The van der Waals surface area contributed by atoms with Gasteiger partial charge >= 0.3 is 0 Å². The number of hydrogen-bond donors (Lipinski definition) is 2. The Balaban J connectivity index is 1.45. The van der Waals surface area contributed by atoms with Crippen molar-refractivity contribution in [1.82, 2.24) is 15.1 Å². The molecule has 0 aliphatic carbocycles. The highest BCUT2D eigenvalue weighted by Gasteiger charge is 2.40. The van der Waals surface area contributed by atoms with Crippen molar-refractivity contribution in [3.63, 3.8) is 0 Å². The number of nitrogens with zero attached hydrogens (tertiary/aromatic N) is 2. The van der Waals surface area contributed by atoms with Crippen LogP contribution in [0.2, 0.25) is 0 Å². The Bertz CT molecular complexity index is 1090. The number of nitrogens with one attached hydrogen (secondary N) is 2. The molecule has 3 heterocycles. The zero-order valence-electron chi connectivity index (χ0n) is 17.0. The summed E-state index contributed by atoms with van der Waals surface area (Å²) in [6, 6.07) is 10.3. The summed E-state index contributed by atoms with van der Waals surface area (Å²) in [7, 11) is 1.70. The van der Waals surface area contributed by atoms with E-state index in [1.54, 1.807) is 29.0 Å². The molecule has 3 aliphatic heterocycles. The van der Waals surface area contributed by atoms with Crippen LogP contribution in [0.4, 0.5) is 5.69 Å². The van der Waals surface area contributed by atoms with Crippen LogP contribution in [0, 0.1) is 0 Å². The van der Waals surface area contributed by atoms with E-state index in [2.05, 4.69) is 10.6 Å². The monoisotopic (exact) mass is 422 g/mol. The van der Waals surface area contributed by atoms with Crippen molar-refractivity contribution in [3.8, 4) is 22.6 Å². The van der Waals surface area contributed by atoms with E-state index in [4.69, 9.17) is 9.47 Å². The minimum Gasteiger partial charge on any atom is -0.454 e. The first-order valence-electron chi connectivity index (χ1n) is 10.1. The molecular formula is C22H22N4O5. The minimum absolute atomic E-state index is 0.0887. The average Bonchev–Trinajstić information content (AvgIpc) is 3.23. The van der Waals surface area contributed by atoms with Gasteiger partial charge in [0.2, 0.25) is 18.6 Å². The predicted octanol–water partition coefficient (Wildman–Crippen LogP) is 0.907. The van der Waals surface area contributed by atoms with Gasteiger partial charge in [-0.05, 0) is 42.4 Å². The van der Waals surface area contributed by atoms with Crippen LogP contribution in [-0.4, -0.2) is 73.6 Å². The minimum atomic E-state index is -0.719. The smallest absolute Gasteiger partial charge is 0.256 e. The standard InChI is InChI=1S/C22H22N4O5/c1-23-10-20(27)25-6-7-26-17(11-25)21(28)24-16-4-2-13(8-15(16)22(26)29)14-3-5-18-19(9-14)31-12-30-18/h2-5,8-9,17,23H,6-7,10-12H2,1H3,(H,24,28)/t17-/m1/s1. The van der Waals surface area contributed by atoms with Crippen molar-refractivity contribution in [1.29, 1.82) is 0 Å². The van der Waals surface area contributed by atoms with Gasteiger partial charge in [0.1, 0.15) is 6.04 Å². The van der Waals surface area contributed by atoms with Gasteiger partial charge in [-0.1, -0.05) is 12.1 Å². The maximum Gasteiger partial charge on any atom is 0.256 e. The molecule has 160 valence electrons. The molecular weight excluding hydrogens is 400 g/mol. The number of benzene rings is 2. The fourth-order valence-electron chi connectivity index (χ4n) is 4.20. The van der Waals surface area contributed by atoms with E-state index in [1.807, 2.05) is 24.3 Å². The van der Waals surface area contributed by atoms with E-state index >= 15 is 0 Å². The number of ether oxygens (including phenoxy) is 2. The summed E-state index contributed by atoms with van der Waals surface area (Å²) in [6.45, 7) is 1.27. The van der Waals surface area contributed by atoms with Crippen LogP contribution in [0.1, 0.15) is 10.4 Å². The second-order valence-corrected chi connectivity index (χ2v) is 7.70. The van der Waals surface area contributed by atoms with E-state index < -0.39 is 6.04 Å². The predicted molar refractivity (Wildman–Crippen MR) is 112 cm³/mol. The normalized spacial score (nSPS) is 19.5. The zero-order chi connectivity index (χ0) is 21.5. The van der Waals surface area contributed by atoms with E-state index in [0.29, 0.717) is 35.8 Å². The van der Waals surface area contributed by atoms with Crippen LogP contribution >= 0.6 is 0 Å². The summed E-state index contributed by atoms with van der Waals surface area (Å²) in [5, 5.41) is 5.70. The average molecular weight is 422 g/mol. The molecule has 0 bridgehead atoms. The second-order valence-electron chi connectivity index (χ2n) is 7.70. The van der Waals surface area contributed by atoms with Gasteiger partial charge in [0.05, 0.1) is 24.3 Å². The Morgan fingerprint density at radius 1 is 1.10 bits per heavy atom. The summed E-state index contributed by atoms with van der Waals surface area (Å²) < 4.78 is 10.8. The van der Waals surface area contributed by atoms with Crippen LogP contribution in [0.25, 0.3) is 11.1 Å². The lowest BCUT2D eigenvalue weighted by atomic mass is 10.0.